The number of benzene rings is 2. The standard InChI is InChI=1S/C16H16ClNS/c17-13-5-3-6-14(10-13)19-15-9-8-12-4-1-2-7-16(12)18-11-15/h1-7,10,15,18H,8-9,11H2. The van der Waals surface area contributed by atoms with Crippen LogP contribution in [0.1, 0.15) is 12.0 Å². The average Bonchev–Trinajstić information content (AvgIpc) is 2.62. The lowest BCUT2D eigenvalue weighted by molar-refractivity contribution is 0.803. The van der Waals surface area contributed by atoms with Crippen molar-refractivity contribution in [1.82, 2.24) is 0 Å². The molecule has 3 rings (SSSR count). The normalized spacial score (nSPS) is 18.3. The molecule has 0 bridgehead atoms. The zero-order valence-electron chi connectivity index (χ0n) is 10.6. The largest absolute Gasteiger partial charge is 0.384 e. The van der Waals surface area contributed by atoms with E-state index in [0.29, 0.717) is 5.25 Å². The molecule has 98 valence electrons. The number of rotatable bonds is 2. The molecule has 0 fully saturated rings. The van der Waals surface area contributed by atoms with E-state index >= 15 is 0 Å². The van der Waals surface area contributed by atoms with Gasteiger partial charge in [0.25, 0.3) is 0 Å². The molecule has 1 aliphatic heterocycles. The molecule has 0 amide bonds. The Morgan fingerprint density at radius 3 is 2.89 bits per heavy atom. The highest BCUT2D eigenvalue weighted by Crippen LogP contribution is 2.31. The summed E-state index contributed by atoms with van der Waals surface area (Å²) in [7, 11) is 0. The molecule has 1 aliphatic rings. The summed E-state index contributed by atoms with van der Waals surface area (Å²) in [6.45, 7) is 1.01. The molecule has 1 nitrogen and oxygen atoms in total. The van der Waals surface area contributed by atoms with Crippen LogP contribution in [0.3, 0.4) is 0 Å². The number of halogens is 1. The van der Waals surface area contributed by atoms with E-state index < -0.39 is 0 Å². The van der Waals surface area contributed by atoms with Gasteiger partial charge in [-0.15, -0.1) is 11.8 Å². The summed E-state index contributed by atoms with van der Waals surface area (Å²) >= 11 is 7.95. The number of hydrogen-bond acceptors (Lipinski definition) is 2. The summed E-state index contributed by atoms with van der Waals surface area (Å²) in [5.41, 5.74) is 2.72. The van der Waals surface area contributed by atoms with Crippen molar-refractivity contribution in [2.45, 2.75) is 23.0 Å². The van der Waals surface area contributed by atoms with Gasteiger partial charge < -0.3 is 5.32 Å². The van der Waals surface area contributed by atoms with Crippen LogP contribution in [0, 0.1) is 0 Å². The van der Waals surface area contributed by atoms with Gasteiger partial charge in [-0.2, -0.15) is 0 Å². The second-order valence-corrected chi connectivity index (χ2v) is 6.58. The van der Waals surface area contributed by atoms with E-state index in [1.165, 1.54) is 22.6 Å². The molecule has 2 aromatic carbocycles. The Kier molecular flexibility index (Phi) is 4.00. The predicted molar refractivity (Wildman–Crippen MR) is 84.3 cm³/mol. The first-order valence-electron chi connectivity index (χ1n) is 6.55. The number of thioether (sulfide) groups is 1. The van der Waals surface area contributed by atoms with Gasteiger partial charge in [-0.25, -0.2) is 0 Å². The first-order chi connectivity index (χ1) is 9.31. The number of anilines is 1. The maximum atomic E-state index is 6.04. The quantitative estimate of drug-likeness (QED) is 0.847. The molecular formula is C16H16ClNS. The van der Waals surface area contributed by atoms with Gasteiger partial charge in [-0.05, 0) is 42.7 Å². The zero-order valence-corrected chi connectivity index (χ0v) is 12.2. The fourth-order valence-electron chi connectivity index (χ4n) is 2.39. The Morgan fingerprint density at radius 1 is 1.11 bits per heavy atom. The predicted octanol–water partition coefficient (Wildman–Crippen LogP) is 4.86. The molecule has 0 radical (unpaired) electrons. The SMILES string of the molecule is Clc1cccc(SC2CCc3ccccc3NC2)c1. The van der Waals surface area contributed by atoms with Crippen LogP contribution in [0.25, 0.3) is 0 Å². The third kappa shape index (κ3) is 3.26. The Hall–Kier alpha value is -1.12. The summed E-state index contributed by atoms with van der Waals surface area (Å²) in [6.07, 6.45) is 2.34. The molecule has 0 saturated heterocycles. The van der Waals surface area contributed by atoms with Crippen LogP contribution < -0.4 is 5.32 Å². The van der Waals surface area contributed by atoms with Gasteiger partial charge in [0.2, 0.25) is 0 Å². The summed E-state index contributed by atoms with van der Waals surface area (Å²) in [5, 5.41) is 4.96. The highest BCUT2D eigenvalue weighted by Gasteiger charge is 2.16. The van der Waals surface area contributed by atoms with Gasteiger partial charge in [0, 0.05) is 27.4 Å². The lowest BCUT2D eigenvalue weighted by atomic mass is 10.1. The van der Waals surface area contributed by atoms with Gasteiger partial charge in [0.1, 0.15) is 0 Å². The van der Waals surface area contributed by atoms with E-state index in [1.54, 1.807) is 0 Å². The van der Waals surface area contributed by atoms with Crippen LogP contribution in [0.15, 0.2) is 53.4 Å². The second kappa shape index (κ2) is 5.89. The van der Waals surface area contributed by atoms with Crippen molar-refractivity contribution >= 4 is 29.1 Å². The number of para-hydroxylation sites is 1. The fraction of sp³-hybridized carbons (Fsp3) is 0.250. The summed E-state index contributed by atoms with van der Waals surface area (Å²) in [5.74, 6) is 0. The molecule has 1 N–H and O–H groups in total. The summed E-state index contributed by atoms with van der Waals surface area (Å²) < 4.78 is 0. The molecular weight excluding hydrogens is 274 g/mol. The van der Waals surface area contributed by atoms with E-state index in [4.69, 9.17) is 11.6 Å². The highest BCUT2D eigenvalue weighted by molar-refractivity contribution is 8.00. The Balaban J connectivity index is 1.69. The van der Waals surface area contributed by atoms with Gasteiger partial charge in [0.05, 0.1) is 0 Å². The third-order valence-electron chi connectivity index (χ3n) is 3.37. The monoisotopic (exact) mass is 289 g/mol. The topological polar surface area (TPSA) is 12.0 Å². The smallest absolute Gasteiger partial charge is 0.0417 e. The van der Waals surface area contributed by atoms with Crippen LogP contribution in [0.4, 0.5) is 5.69 Å². The van der Waals surface area contributed by atoms with Crippen LogP contribution >= 0.6 is 23.4 Å². The summed E-state index contributed by atoms with van der Waals surface area (Å²) in [6, 6.07) is 16.7. The molecule has 0 saturated carbocycles. The van der Waals surface area contributed by atoms with E-state index in [9.17, 15) is 0 Å². The molecule has 3 heteroatoms. The van der Waals surface area contributed by atoms with Crippen molar-refractivity contribution in [3.05, 3.63) is 59.1 Å². The minimum Gasteiger partial charge on any atom is -0.384 e. The molecule has 2 aromatic rings. The fourth-order valence-corrected chi connectivity index (χ4v) is 3.78. The van der Waals surface area contributed by atoms with Crippen LogP contribution in [0.5, 0.6) is 0 Å². The molecule has 1 unspecified atom stereocenters. The van der Waals surface area contributed by atoms with Crippen LogP contribution in [0.2, 0.25) is 5.02 Å². The summed E-state index contributed by atoms with van der Waals surface area (Å²) in [4.78, 5) is 1.25. The molecule has 0 aromatic heterocycles. The first kappa shape index (κ1) is 12.9. The van der Waals surface area contributed by atoms with Crippen molar-refractivity contribution < 1.29 is 0 Å². The van der Waals surface area contributed by atoms with Gasteiger partial charge in [-0.1, -0.05) is 35.9 Å². The highest BCUT2D eigenvalue weighted by atomic mass is 35.5. The van der Waals surface area contributed by atoms with Crippen molar-refractivity contribution in [3.63, 3.8) is 0 Å². The molecule has 1 atom stereocenters. The maximum Gasteiger partial charge on any atom is 0.0417 e. The van der Waals surface area contributed by atoms with Crippen molar-refractivity contribution in [2.24, 2.45) is 0 Å². The third-order valence-corrected chi connectivity index (χ3v) is 4.87. The van der Waals surface area contributed by atoms with Gasteiger partial charge in [0.15, 0.2) is 0 Å². The Morgan fingerprint density at radius 2 is 2.00 bits per heavy atom. The first-order valence-corrected chi connectivity index (χ1v) is 7.81. The molecule has 0 spiro atoms. The maximum absolute atomic E-state index is 6.04. The lowest BCUT2D eigenvalue weighted by Crippen LogP contribution is -2.14. The van der Waals surface area contributed by atoms with Crippen molar-refractivity contribution in [2.75, 3.05) is 11.9 Å². The van der Waals surface area contributed by atoms with Gasteiger partial charge >= 0.3 is 0 Å². The number of hydrogen-bond donors (Lipinski definition) is 1. The Bertz CT molecular complexity index is 543. The number of fused-ring (bicyclic) bond motifs is 1. The minimum absolute atomic E-state index is 0.589. The molecule has 0 aliphatic carbocycles. The number of aryl methyl sites for hydroxylation is 1. The van der Waals surface area contributed by atoms with E-state index in [1.807, 2.05) is 30.0 Å². The van der Waals surface area contributed by atoms with E-state index in [-0.39, 0.29) is 0 Å². The van der Waals surface area contributed by atoms with Crippen molar-refractivity contribution in [1.29, 1.82) is 0 Å². The minimum atomic E-state index is 0.589. The second-order valence-electron chi connectivity index (χ2n) is 4.77. The van der Waals surface area contributed by atoms with E-state index in [0.717, 1.165) is 18.0 Å². The number of nitrogens with one attached hydrogen (secondary N) is 1. The van der Waals surface area contributed by atoms with Gasteiger partial charge in [-0.3, -0.25) is 0 Å². The van der Waals surface area contributed by atoms with Crippen LogP contribution in [-0.4, -0.2) is 11.8 Å². The molecule has 1 heterocycles. The Labute approximate surface area is 123 Å². The molecule has 19 heavy (non-hydrogen) atoms. The van der Waals surface area contributed by atoms with Crippen LogP contribution in [-0.2, 0) is 6.42 Å². The zero-order chi connectivity index (χ0) is 13.1. The average molecular weight is 290 g/mol. The lowest BCUT2D eigenvalue weighted by Gasteiger charge is -2.14. The van der Waals surface area contributed by atoms with Crippen molar-refractivity contribution in [3.8, 4) is 0 Å². The van der Waals surface area contributed by atoms with E-state index in [2.05, 4.69) is 35.6 Å².